The molecule has 0 aliphatic carbocycles. The van der Waals surface area contributed by atoms with Gasteiger partial charge in [0.05, 0.1) is 31.2 Å². The zero-order valence-corrected chi connectivity index (χ0v) is 21.3. The molecule has 3 aromatic rings. The minimum Gasteiger partial charge on any atom is -0.495 e. The topological polar surface area (TPSA) is 122 Å². The SMILES string of the molecule is COc1cc(C(=O)N2CCC(OC)CC2)ccc1Nc1nccc(-c2cnc3c(c2)C(C)(CO)CN3)n1. The van der Waals surface area contributed by atoms with E-state index in [4.69, 9.17) is 9.47 Å². The van der Waals surface area contributed by atoms with Crippen LogP contribution in [0.25, 0.3) is 11.3 Å². The quantitative estimate of drug-likeness (QED) is 0.445. The number of aliphatic hydroxyl groups excluding tert-OH is 1. The molecule has 3 N–H and O–H groups in total. The Labute approximate surface area is 216 Å². The molecule has 2 aromatic heterocycles. The molecule has 0 saturated carbocycles. The van der Waals surface area contributed by atoms with Crippen molar-refractivity contribution in [3.05, 3.63) is 53.9 Å². The maximum atomic E-state index is 13.0. The third-order valence-electron chi connectivity index (χ3n) is 7.24. The molecule has 0 spiro atoms. The van der Waals surface area contributed by atoms with Crippen molar-refractivity contribution in [2.75, 3.05) is 51.1 Å². The first-order valence-corrected chi connectivity index (χ1v) is 12.4. The number of rotatable bonds is 7. The first kappa shape index (κ1) is 24.9. The molecule has 0 bridgehead atoms. The monoisotopic (exact) mass is 504 g/mol. The largest absolute Gasteiger partial charge is 0.495 e. The summed E-state index contributed by atoms with van der Waals surface area (Å²) in [6.07, 6.45) is 5.32. The average Bonchev–Trinajstić information content (AvgIpc) is 3.29. The number of aromatic nitrogens is 3. The number of benzene rings is 1. The van der Waals surface area contributed by atoms with Gasteiger partial charge in [-0.15, -0.1) is 0 Å². The normalized spacial score (nSPS) is 19.3. The number of amides is 1. The van der Waals surface area contributed by atoms with Crippen LogP contribution in [0, 0.1) is 0 Å². The summed E-state index contributed by atoms with van der Waals surface area (Å²) in [5, 5.41) is 16.4. The summed E-state index contributed by atoms with van der Waals surface area (Å²) in [4.78, 5) is 28.5. The third-order valence-corrected chi connectivity index (χ3v) is 7.24. The number of carbonyl (C=O) groups excluding carboxylic acids is 1. The van der Waals surface area contributed by atoms with Gasteiger partial charge in [-0.25, -0.2) is 15.0 Å². The Hall–Kier alpha value is -3.76. The van der Waals surface area contributed by atoms with Crippen molar-refractivity contribution < 1.29 is 19.4 Å². The Morgan fingerprint density at radius 2 is 2.03 bits per heavy atom. The molecule has 1 amide bonds. The summed E-state index contributed by atoms with van der Waals surface area (Å²) >= 11 is 0. The Morgan fingerprint density at radius 1 is 1.22 bits per heavy atom. The molecular formula is C27H32N6O4. The van der Waals surface area contributed by atoms with Crippen molar-refractivity contribution in [1.29, 1.82) is 0 Å². The average molecular weight is 505 g/mol. The smallest absolute Gasteiger partial charge is 0.253 e. The number of ether oxygens (including phenoxy) is 2. The van der Waals surface area contributed by atoms with E-state index in [2.05, 4.69) is 25.6 Å². The van der Waals surface area contributed by atoms with Crippen LogP contribution < -0.4 is 15.4 Å². The second kappa shape index (κ2) is 10.3. The molecule has 1 saturated heterocycles. The first-order chi connectivity index (χ1) is 17.9. The van der Waals surface area contributed by atoms with Crippen LogP contribution in [0.5, 0.6) is 5.75 Å². The predicted octanol–water partition coefficient (Wildman–Crippen LogP) is 3.22. The summed E-state index contributed by atoms with van der Waals surface area (Å²) in [5.74, 6) is 1.68. The minimum absolute atomic E-state index is 0.0221. The molecule has 0 radical (unpaired) electrons. The predicted molar refractivity (Wildman–Crippen MR) is 140 cm³/mol. The second-order valence-electron chi connectivity index (χ2n) is 9.73. The molecule has 2 aliphatic heterocycles. The summed E-state index contributed by atoms with van der Waals surface area (Å²) in [5.41, 5.74) is 3.33. The van der Waals surface area contributed by atoms with Crippen LogP contribution in [0.15, 0.2) is 42.7 Å². The number of fused-ring (bicyclic) bond motifs is 1. The molecule has 37 heavy (non-hydrogen) atoms. The van der Waals surface area contributed by atoms with Crippen LogP contribution in [-0.4, -0.2) is 77.4 Å². The van der Waals surface area contributed by atoms with Gasteiger partial charge in [0.15, 0.2) is 0 Å². The van der Waals surface area contributed by atoms with Gasteiger partial charge in [0.25, 0.3) is 5.91 Å². The van der Waals surface area contributed by atoms with E-state index in [0.29, 0.717) is 48.3 Å². The number of likely N-dealkylation sites (tertiary alicyclic amines) is 1. The van der Waals surface area contributed by atoms with Crippen molar-refractivity contribution in [3.8, 4) is 17.0 Å². The van der Waals surface area contributed by atoms with Crippen LogP contribution in [0.3, 0.4) is 0 Å². The zero-order valence-electron chi connectivity index (χ0n) is 21.3. The van der Waals surface area contributed by atoms with Gasteiger partial charge in [-0.3, -0.25) is 4.79 Å². The molecule has 10 heteroatoms. The number of nitrogens with one attached hydrogen (secondary N) is 2. The third kappa shape index (κ3) is 4.94. The molecule has 5 rings (SSSR count). The van der Waals surface area contributed by atoms with Crippen LogP contribution in [0.4, 0.5) is 17.5 Å². The van der Waals surface area contributed by atoms with Gasteiger partial charge >= 0.3 is 0 Å². The summed E-state index contributed by atoms with van der Waals surface area (Å²) < 4.78 is 11.0. The van der Waals surface area contributed by atoms with E-state index in [9.17, 15) is 9.90 Å². The van der Waals surface area contributed by atoms with Crippen LogP contribution >= 0.6 is 0 Å². The minimum atomic E-state index is -0.390. The lowest BCUT2D eigenvalue weighted by atomic mass is 9.85. The molecular weight excluding hydrogens is 472 g/mol. The Bertz CT molecular complexity index is 1290. The van der Waals surface area contributed by atoms with Gasteiger partial charge in [0.2, 0.25) is 5.95 Å². The first-order valence-electron chi connectivity index (χ1n) is 12.4. The number of aliphatic hydroxyl groups is 1. The fraction of sp³-hybridized carbons (Fsp3) is 0.407. The van der Waals surface area contributed by atoms with E-state index in [1.165, 1.54) is 0 Å². The maximum absolute atomic E-state index is 13.0. The van der Waals surface area contributed by atoms with E-state index < -0.39 is 5.41 Å². The van der Waals surface area contributed by atoms with Crippen molar-refractivity contribution in [2.45, 2.75) is 31.3 Å². The number of hydrogen-bond donors (Lipinski definition) is 3. The molecule has 10 nitrogen and oxygen atoms in total. The van der Waals surface area contributed by atoms with Crippen molar-refractivity contribution in [1.82, 2.24) is 19.9 Å². The van der Waals surface area contributed by atoms with Crippen molar-refractivity contribution in [3.63, 3.8) is 0 Å². The van der Waals surface area contributed by atoms with Gasteiger partial charge in [0.1, 0.15) is 11.6 Å². The van der Waals surface area contributed by atoms with Crippen LogP contribution in [0.2, 0.25) is 0 Å². The molecule has 194 valence electrons. The lowest BCUT2D eigenvalue weighted by Crippen LogP contribution is -2.40. The van der Waals surface area contributed by atoms with Crippen molar-refractivity contribution >= 4 is 23.4 Å². The lowest BCUT2D eigenvalue weighted by Gasteiger charge is -2.31. The standard InChI is InChI=1S/C27H32N6O4/c1-27(16-34)15-30-24-20(27)12-18(14-29-24)21-6-9-28-26(31-21)32-22-5-4-17(13-23(22)37-3)25(35)33-10-7-19(36-2)8-11-33/h4-6,9,12-14,19,34H,7-8,10-11,15-16H2,1-3H3,(H,29,30)(H,28,31,32). The number of nitrogens with zero attached hydrogens (tertiary/aromatic N) is 4. The van der Waals surface area contributed by atoms with Crippen molar-refractivity contribution in [2.24, 2.45) is 0 Å². The van der Waals surface area contributed by atoms with E-state index >= 15 is 0 Å². The fourth-order valence-electron chi connectivity index (χ4n) is 4.83. The molecule has 1 atom stereocenters. The van der Waals surface area contributed by atoms with Gasteiger partial charge in [0, 0.05) is 61.2 Å². The number of pyridine rings is 1. The van der Waals surface area contributed by atoms with Crippen LogP contribution in [-0.2, 0) is 10.2 Å². The molecule has 4 heterocycles. The van der Waals surface area contributed by atoms with E-state index in [1.807, 2.05) is 24.0 Å². The zero-order chi connectivity index (χ0) is 26.0. The van der Waals surface area contributed by atoms with E-state index in [0.717, 1.165) is 29.8 Å². The molecule has 1 fully saturated rings. The fourth-order valence-corrected chi connectivity index (χ4v) is 4.83. The Morgan fingerprint density at radius 3 is 2.76 bits per heavy atom. The number of anilines is 3. The highest BCUT2D eigenvalue weighted by Crippen LogP contribution is 2.37. The Kier molecular flexibility index (Phi) is 6.94. The van der Waals surface area contributed by atoms with Gasteiger partial charge in [-0.1, -0.05) is 6.92 Å². The highest BCUT2D eigenvalue weighted by atomic mass is 16.5. The molecule has 1 unspecified atom stereocenters. The van der Waals surface area contributed by atoms with Crippen LogP contribution in [0.1, 0.15) is 35.7 Å². The van der Waals surface area contributed by atoms with Gasteiger partial charge < -0.3 is 30.1 Å². The number of hydrogen-bond acceptors (Lipinski definition) is 9. The van der Waals surface area contributed by atoms with Gasteiger partial charge in [-0.05, 0) is 43.2 Å². The number of piperidine rings is 1. The highest BCUT2D eigenvalue weighted by Gasteiger charge is 2.35. The lowest BCUT2D eigenvalue weighted by molar-refractivity contribution is 0.0350. The molecule has 2 aliphatic rings. The number of carbonyl (C=O) groups is 1. The van der Waals surface area contributed by atoms with E-state index in [-0.39, 0.29) is 18.6 Å². The number of methoxy groups -OCH3 is 2. The second-order valence-corrected chi connectivity index (χ2v) is 9.73. The summed E-state index contributed by atoms with van der Waals surface area (Å²) in [7, 11) is 3.28. The summed E-state index contributed by atoms with van der Waals surface area (Å²) in [6.45, 7) is 4.01. The highest BCUT2D eigenvalue weighted by molar-refractivity contribution is 5.95. The Balaban J connectivity index is 1.35. The maximum Gasteiger partial charge on any atom is 0.253 e. The van der Waals surface area contributed by atoms with Gasteiger partial charge in [-0.2, -0.15) is 0 Å². The molecule has 1 aromatic carbocycles. The summed E-state index contributed by atoms with van der Waals surface area (Å²) in [6, 6.07) is 9.16. The van der Waals surface area contributed by atoms with E-state index in [1.54, 1.807) is 44.8 Å².